The van der Waals surface area contributed by atoms with Crippen molar-refractivity contribution in [2.24, 2.45) is 0 Å². The fraction of sp³-hybridized carbons (Fsp3) is 0.167. The van der Waals surface area contributed by atoms with Crippen LogP contribution in [0.4, 0.5) is 0 Å². The molecule has 4 nitrogen and oxygen atoms in total. The lowest BCUT2D eigenvalue weighted by Crippen LogP contribution is -1.96. The van der Waals surface area contributed by atoms with Crippen molar-refractivity contribution in [3.05, 3.63) is 130 Å². The van der Waals surface area contributed by atoms with Gasteiger partial charge in [-0.1, -0.05) is 66.7 Å². The first kappa shape index (κ1) is 24.7. The summed E-state index contributed by atoms with van der Waals surface area (Å²) in [5, 5.41) is 9.12. The zero-order chi connectivity index (χ0) is 24.2. The summed E-state index contributed by atoms with van der Waals surface area (Å²) in [4.78, 5) is 10.7. The number of hydrogen-bond donors (Lipinski definition) is 1. The number of carbonyl (C=O) groups excluding carboxylic acids is 1. The minimum atomic E-state index is 0.0450. The summed E-state index contributed by atoms with van der Waals surface area (Å²) in [7, 11) is 0. The molecule has 0 radical (unpaired) electrons. The number of aliphatic hydroxyl groups is 1. The Balaban J connectivity index is 0.000000191. The van der Waals surface area contributed by atoms with Gasteiger partial charge < -0.3 is 14.6 Å². The molecule has 4 heteroatoms. The van der Waals surface area contributed by atoms with Crippen molar-refractivity contribution in [1.29, 1.82) is 0 Å². The molecule has 0 saturated carbocycles. The lowest BCUT2D eigenvalue weighted by Gasteiger charge is -2.08. The van der Waals surface area contributed by atoms with E-state index in [1.807, 2.05) is 105 Å². The Morgan fingerprint density at radius 2 is 1.15 bits per heavy atom. The van der Waals surface area contributed by atoms with Crippen molar-refractivity contribution in [3.8, 4) is 11.5 Å². The van der Waals surface area contributed by atoms with Crippen LogP contribution < -0.4 is 9.47 Å². The zero-order valence-electron chi connectivity index (χ0n) is 19.6. The molecule has 4 rings (SSSR count). The molecule has 0 aliphatic carbocycles. The number of aliphatic hydroxyl groups excluding tert-OH is 1. The normalized spacial score (nSPS) is 10.1. The summed E-state index contributed by atoms with van der Waals surface area (Å²) in [5.41, 5.74) is 5.90. The van der Waals surface area contributed by atoms with E-state index in [2.05, 4.69) is 0 Å². The van der Waals surface area contributed by atoms with Crippen LogP contribution in [0.1, 0.15) is 38.2 Å². The molecule has 4 aromatic rings. The molecule has 0 atom stereocenters. The summed E-state index contributed by atoms with van der Waals surface area (Å²) in [6, 6.07) is 31.3. The average molecular weight is 455 g/mol. The number of carbonyl (C=O) groups is 1. The second kappa shape index (κ2) is 13.0. The predicted molar refractivity (Wildman–Crippen MR) is 135 cm³/mol. The number of aldehydes is 1. The first-order valence-electron chi connectivity index (χ1n) is 11.2. The molecule has 0 aromatic heterocycles. The third-order valence-electron chi connectivity index (χ3n) is 5.00. The van der Waals surface area contributed by atoms with E-state index in [4.69, 9.17) is 14.6 Å². The van der Waals surface area contributed by atoms with Gasteiger partial charge >= 0.3 is 0 Å². The Kier molecular flexibility index (Phi) is 9.44. The SMILES string of the molecule is Cc1cc(C=O)cc(OCc2ccccc2)c1.Cc1cc(CO)cc(OCc2ccccc2)c1. The summed E-state index contributed by atoms with van der Waals surface area (Å²) in [6.45, 7) is 5.05. The Labute approximate surface area is 201 Å². The van der Waals surface area contributed by atoms with E-state index in [-0.39, 0.29) is 6.61 Å². The quantitative estimate of drug-likeness (QED) is 0.311. The van der Waals surface area contributed by atoms with Gasteiger partial charge in [-0.25, -0.2) is 0 Å². The second-order valence-electron chi connectivity index (χ2n) is 8.06. The van der Waals surface area contributed by atoms with Gasteiger partial charge in [0.25, 0.3) is 0 Å². The molecular formula is C30H30O4. The molecule has 0 bridgehead atoms. The van der Waals surface area contributed by atoms with Gasteiger partial charge in [-0.15, -0.1) is 0 Å². The summed E-state index contributed by atoms with van der Waals surface area (Å²) < 4.78 is 11.4. The Bertz CT molecular complexity index is 1170. The summed E-state index contributed by atoms with van der Waals surface area (Å²) in [5.74, 6) is 1.54. The molecule has 0 saturated heterocycles. The van der Waals surface area contributed by atoms with Crippen LogP contribution in [0.3, 0.4) is 0 Å². The van der Waals surface area contributed by atoms with Crippen molar-refractivity contribution in [2.75, 3.05) is 0 Å². The number of benzene rings is 4. The molecule has 34 heavy (non-hydrogen) atoms. The molecule has 0 fully saturated rings. The first-order chi connectivity index (χ1) is 16.6. The molecule has 174 valence electrons. The molecule has 0 spiro atoms. The van der Waals surface area contributed by atoms with E-state index in [0.717, 1.165) is 45.6 Å². The van der Waals surface area contributed by atoms with E-state index >= 15 is 0 Å². The lowest BCUT2D eigenvalue weighted by molar-refractivity contribution is 0.112. The van der Waals surface area contributed by atoms with Gasteiger partial charge in [-0.3, -0.25) is 4.79 Å². The van der Waals surface area contributed by atoms with Crippen LogP contribution >= 0.6 is 0 Å². The van der Waals surface area contributed by atoms with Gasteiger partial charge in [0, 0.05) is 5.56 Å². The molecule has 0 unspecified atom stereocenters. The number of ether oxygens (including phenoxy) is 2. The van der Waals surface area contributed by atoms with Crippen LogP contribution in [0, 0.1) is 13.8 Å². The van der Waals surface area contributed by atoms with E-state index in [1.165, 1.54) is 0 Å². The highest BCUT2D eigenvalue weighted by Crippen LogP contribution is 2.19. The molecule has 0 aliphatic rings. The molecule has 4 aromatic carbocycles. The monoisotopic (exact) mass is 454 g/mol. The minimum Gasteiger partial charge on any atom is -0.489 e. The number of hydrogen-bond acceptors (Lipinski definition) is 4. The van der Waals surface area contributed by atoms with Gasteiger partial charge in [-0.2, -0.15) is 0 Å². The number of aryl methyl sites for hydroxylation is 2. The molecular weight excluding hydrogens is 424 g/mol. The Morgan fingerprint density at radius 3 is 1.65 bits per heavy atom. The maximum atomic E-state index is 10.7. The highest BCUT2D eigenvalue weighted by molar-refractivity contribution is 5.76. The minimum absolute atomic E-state index is 0.0450. The Hall–Kier alpha value is -3.89. The van der Waals surface area contributed by atoms with Gasteiger partial charge in [-0.05, 0) is 72.0 Å². The standard InChI is InChI=1S/C15H16O2.C15H14O2/c2*1-12-7-14(10-16)9-15(8-12)17-11-13-5-3-2-4-6-13/h2-9,16H,10-11H2,1H3;2-10H,11H2,1H3. The smallest absolute Gasteiger partial charge is 0.150 e. The van der Waals surface area contributed by atoms with Crippen LogP contribution in [-0.4, -0.2) is 11.4 Å². The number of rotatable bonds is 8. The van der Waals surface area contributed by atoms with Crippen molar-refractivity contribution < 1.29 is 19.4 Å². The van der Waals surface area contributed by atoms with Crippen molar-refractivity contribution in [1.82, 2.24) is 0 Å². The Morgan fingerprint density at radius 1 is 0.647 bits per heavy atom. The largest absolute Gasteiger partial charge is 0.489 e. The summed E-state index contributed by atoms with van der Waals surface area (Å²) >= 11 is 0. The van der Waals surface area contributed by atoms with Gasteiger partial charge in [0.2, 0.25) is 0 Å². The summed E-state index contributed by atoms with van der Waals surface area (Å²) in [6.07, 6.45) is 0.836. The highest BCUT2D eigenvalue weighted by atomic mass is 16.5. The maximum Gasteiger partial charge on any atom is 0.150 e. The van der Waals surface area contributed by atoms with E-state index in [9.17, 15) is 4.79 Å². The van der Waals surface area contributed by atoms with Crippen molar-refractivity contribution in [2.45, 2.75) is 33.7 Å². The molecule has 0 amide bonds. The van der Waals surface area contributed by atoms with Crippen molar-refractivity contribution in [3.63, 3.8) is 0 Å². The van der Waals surface area contributed by atoms with Crippen LogP contribution in [0.15, 0.2) is 97.1 Å². The maximum absolute atomic E-state index is 10.7. The third-order valence-corrected chi connectivity index (χ3v) is 5.00. The van der Waals surface area contributed by atoms with E-state index in [1.54, 1.807) is 6.07 Å². The van der Waals surface area contributed by atoms with Crippen LogP contribution in [-0.2, 0) is 19.8 Å². The molecule has 0 aliphatic heterocycles. The van der Waals surface area contributed by atoms with Crippen LogP contribution in [0.5, 0.6) is 11.5 Å². The van der Waals surface area contributed by atoms with Gasteiger partial charge in [0.15, 0.2) is 0 Å². The molecule has 0 heterocycles. The lowest BCUT2D eigenvalue weighted by atomic mass is 10.1. The third kappa shape index (κ3) is 8.23. The van der Waals surface area contributed by atoms with Gasteiger partial charge in [0.1, 0.15) is 31.0 Å². The van der Waals surface area contributed by atoms with Crippen molar-refractivity contribution >= 4 is 6.29 Å². The first-order valence-corrected chi connectivity index (χ1v) is 11.2. The van der Waals surface area contributed by atoms with Gasteiger partial charge in [0.05, 0.1) is 6.61 Å². The highest BCUT2D eigenvalue weighted by Gasteiger charge is 2.01. The van der Waals surface area contributed by atoms with E-state index < -0.39 is 0 Å². The predicted octanol–water partition coefficient (Wildman–Crippen LogP) is 6.45. The molecule has 1 N–H and O–H groups in total. The van der Waals surface area contributed by atoms with Crippen LogP contribution in [0.2, 0.25) is 0 Å². The average Bonchev–Trinajstić information content (AvgIpc) is 2.87. The second-order valence-corrected chi connectivity index (χ2v) is 8.06. The van der Waals surface area contributed by atoms with E-state index in [0.29, 0.717) is 18.8 Å². The zero-order valence-corrected chi connectivity index (χ0v) is 19.6. The topological polar surface area (TPSA) is 55.8 Å². The fourth-order valence-corrected chi connectivity index (χ4v) is 3.41. The fourth-order valence-electron chi connectivity index (χ4n) is 3.41. The van der Waals surface area contributed by atoms with Crippen LogP contribution in [0.25, 0.3) is 0 Å².